The molecule has 3 heterocycles. The lowest BCUT2D eigenvalue weighted by Crippen LogP contribution is -2.45. The van der Waals surface area contributed by atoms with Crippen LogP contribution < -0.4 is 10.5 Å². The van der Waals surface area contributed by atoms with Crippen molar-refractivity contribution >= 4 is 11.5 Å². The van der Waals surface area contributed by atoms with Gasteiger partial charge in [-0.2, -0.15) is 0 Å². The molecular formula is C24H26F2N4O3. The molecule has 0 bridgehead atoms. The van der Waals surface area contributed by atoms with E-state index >= 15 is 0 Å². The van der Waals surface area contributed by atoms with Crippen LogP contribution in [0, 0.1) is 31.4 Å². The number of aryl methyl sites for hydroxylation is 1. The first-order valence-electron chi connectivity index (χ1n) is 11.2. The van der Waals surface area contributed by atoms with Gasteiger partial charge in [0.2, 0.25) is 0 Å². The first kappa shape index (κ1) is 21.9. The summed E-state index contributed by atoms with van der Waals surface area (Å²) in [6.07, 6.45) is 3.96. The second-order valence-corrected chi connectivity index (χ2v) is 8.81. The van der Waals surface area contributed by atoms with E-state index in [9.17, 15) is 13.6 Å². The highest BCUT2D eigenvalue weighted by Crippen LogP contribution is 2.30. The third-order valence-electron chi connectivity index (χ3n) is 6.27. The van der Waals surface area contributed by atoms with E-state index < -0.39 is 11.6 Å². The summed E-state index contributed by atoms with van der Waals surface area (Å²) < 4.78 is 41.4. The molecule has 2 aliphatic rings. The van der Waals surface area contributed by atoms with Crippen molar-refractivity contribution in [3.05, 3.63) is 57.6 Å². The highest BCUT2D eigenvalue weighted by atomic mass is 19.1. The van der Waals surface area contributed by atoms with Gasteiger partial charge in [0.05, 0.1) is 25.5 Å². The summed E-state index contributed by atoms with van der Waals surface area (Å²) in [6.45, 7) is 6.25. The lowest BCUT2D eigenvalue weighted by atomic mass is 10.1. The van der Waals surface area contributed by atoms with Gasteiger partial charge in [-0.3, -0.25) is 9.20 Å². The van der Waals surface area contributed by atoms with Crippen molar-refractivity contribution in [2.75, 3.05) is 37.8 Å². The van der Waals surface area contributed by atoms with Crippen molar-refractivity contribution in [1.29, 1.82) is 0 Å². The minimum Gasteiger partial charge on any atom is -0.378 e. The van der Waals surface area contributed by atoms with Crippen LogP contribution in [0.3, 0.4) is 0 Å². The van der Waals surface area contributed by atoms with Crippen LogP contribution in [0.5, 0.6) is 0 Å². The van der Waals surface area contributed by atoms with Gasteiger partial charge in [0.25, 0.3) is 5.56 Å². The second kappa shape index (κ2) is 8.79. The number of morpholine rings is 1. The Hall–Kier alpha value is -2.91. The van der Waals surface area contributed by atoms with Crippen LogP contribution in [-0.4, -0.2) is 53.4 Å². The van der Waals surface area contributed by atoms with E-state index in [4.69, 9.17) is 14.5 Å². The van der Waals surface area contributed by atoms with E-state index in [1.54, 1.807) is 20.0 Å². The molecule has 1 aliphatic carbocycles. The summed E-state index contributed by atoms with van der Waals surface area (Å²) in [4.78, 5) is 24.3. The van der Waals surface area contributed by atoms with Gasteiger partial charge in [-0.1, -0.05) is 0 Å². The molecule has 1 unspecified atom stereocenters. The highest BCUT2D eigenvalue weighted by molar-refractivity contribution is 5.76. The fourth-order valence-electron chi connectivity index (χ4n) is 4.02. The number of hydrogen-bond acceptors (Lipinski definition) is 6. The molecule has 1 atom stereocenters. The summed E-state index contributed by atoms with van der Waals surface area (Å²) in [6, 6.07) is 3.30. The van der Waals surface area contributed by atoms with Gasteiger partial charge >= 0.3 is 0 Å². The first-order chi connectivity index (χ1) is 15.9. The quantitative estimate of drug-likeness (QED) is 0.567. The minimum absolute atomic E-state index is 0.0866. The lowest BCUT2D eigenvalue weighted by molar-refractivity contribution is -0.0259. The third-order valence-corrected chi connectivity index (χ3v) is 6.27. The Balaban J connectivity index is 1.55. The molecule has 1 aliphatic heterocycles. The van der Waals surface area contributed by atoms with Crippen LogP contribution in [-0.2, 0) is 9.47 Å². The highest BCUT2D eigenvalue weighted by Gasteiger charge is 2.26. The van der Waals surface area contributed by atoms with Gasteiger partial charge in [-0.05, 0) is 44.7 Å². The maximum Gasteiger partial charge on any atom is 0.261 e. The molecule has 1 aromatic carbocycles. The zero-order valence-electron chi connectivity index (χ0n) is 18.7. The van der Waals surface area contributed by atoms with Gasteiger partial charge in [0.1, 0.15) is 23.1 Å². The van der Waals surface area contributed by atoms with Gasteiger partial charge < -0.3 is 14.4 Å². The summed E-state index contributed by atoms with van der Waals surface area (Å²) in [5.74, 6) is -0.270. The Morgan fingerprint density at radius 3 is 2.76 bits per heavy atom. The zero-order valence-corrected chi connectivity index (χ0v) is 18.7. The van der Waals surface area contributed by atoms with E-state index in [1.807, 2.05) is 4.90 Å². The lowest BCUT2D eigenvalue weighted by Gasteiger charge is -2.34. The molecule has 0 spiro atoms. The topological polar surface area (TPSA) is 69.0 Å². The van der Waals surface area contributed by atoms with E-state index in [-0.39, 0.29) is 28.6 Å². The van der Waals surface area contributed by atoms with Crippen molar-refractivity contribution in [1.82, 2.24) is 14.4 Å². The van der Waals surface area contributed by atoms with Gasteiger partial charge in [-0.25, -0.2) is 18.7 Å². The number of ether oxygens (including phenoxy) is 2. The van der Waals surface area contributed by atoms with Crippen LogP contribution in [0.25, 0.3) is 16.9 Å². The SMILES string of the molecule is Cc1nc2c(-c3ccc(F)cc3F)nc(N3CCOC(COCC4CC4)C3)cn2c(=O)c1C. The van der Waals surface area contributed by atoms with Gasteiger partial charge in [-0.15, -0.1) is 0 Å². The standard InChI is InChI=1S/C24H26F2N4O3/c1-14-15(2)27-23-22(19-6-5-17(25)9-20(19)26)28-21(11-30(23)24(14)31)29-7-8-33-18(10-29)13-32-12-16-3-4-16/h5-6,9,11,16,18H,3-4,7-8,10,12-13H2,1-2H3. The third kappa shape index (κ3) is 4.47. The summed E-state index contributed by atoms with van der Waals surface area (Å²) in [5.41, 5.74) is 1.31. The van der Waals surface area contributed by atoms with Crippen LogP contribution in [0.1, 0.15) is 24.1 Å². The molecule has 5 rings (SSSR count). The number of halogens is 2. The molecule has 2 aromatic heterocycles. The number of hydrogen-bond donors (Lipinski definition) is 0. The maximum atomic E-state index is 14.7. The van der Waals surface area contributed by atoms with Crippen LogP contribution >= 0.6 is 0 Å². The largest absolute Gasteiger partial charge is 0.378 e. The van der Waals surface area contributed by atoms with Crippen molar-refractivity contribution < 1.29 is 18.3 Å². The molecule has 0 radical (unpaired) electrons. The summed E-state index contributed by atoms with van der Waals surface area (Å²) in [5, 5.41) is 0. The number of benzene rings is 1. The van der Waals surface area contributed by atoms with E-state index in [0.717, 1.165) is 12.7 Å². The Kier molecular flexibility index (Phi) is 5.84. The fraction of sp³-hybridized carbons (Fsp3) is 0.458. The molecular weight excluding hydrogens is 430 g/mol. The summed E-state index contributed by atoms with van der Waals surface area (Å²) in [7, 11) is 0. The monoisotopic (exact) mass is 456 g/mol. The first-order valence-corrected chi connectivity index (χ1v) is 11.2. The zero-order chi connectivity index (χ0) is 23.1. The molecule has 0 N–H and O–H groups in total. The van der Waals surface area contributed by atoms with Crippen LogP contribution in [0.4, 0.5) is 14.6 Å². The van der Waals surface area contributed by atoms with Crippen molar-refractivity contribution in [2.45, 2.75) is 32.8 Å². The molecule has 9 heteroatoms. The smallest absolute Gasteiger partial charge is 0.261 e. The maximum absolute atomic E-state index is 14.7. The number of nitrogens with zero attached hydrogens (tertiary/aromatic N) is 4. The molecule has 33 heavy (non-hydrogen) atoms. The predicted molar refractivity (Wildman–Crippen MR) is 120 cm³/mol. The predicted octanol–water partition coefficient (Wildman–Crippen LogP) is 3.28. The second-order valence-electron chi connectivity index (χ2n) is 8.81. The van der Waals surface area contributed by atoms with E-state index in [1.165, 1.54) is 29.4 Å². The van der Waals surface area contributed by atoms with Crippen molar-refractivity contribution in [3.63, 3.8) is 0 Å². The van der Waals surface area contributed by atoms with E-state index in [2.05, 4.69) is 4.98 Å². The van der Waals surface area contributed by atoms with E-state index in [0.29, 0.717) is 49.3 Å². The Bertz CT molecular complexity index is 1260. The normalized spacial score (nSPS) is 18.8. The van der Waals surface area contributed by atoms with Crippen LogP contribution in [0.2, 0.25) is 0 Å². The Labute approximate surface area is 190 Å². The van der Waals surface area contributed by atoms with Gasteiger partial charge in [0.15, 0.2) is 5.65 Å². The summed E-state index contributed by atoms with van der Waals surface area (Å²) >= 11 is 0. The average molecular weight is 456 g/mol. The Morgan fingerprint density at radius 2 is 2.00 bits per heavy atom. The van der Waals surface area contributed by atoms with Gasteiger partial charge in [0, 0.05) is 42.6 Å². The average Bonchev–Trinajstić information content (AvgIpc) is 3.62. The molecule has 7 nitrogen and oxygen atoms in total. The number of rotatable bonds is 6. The Morgan fingerprint density at radius 1 is 1.18 bits per heavy atom. The van der Waals surface area contributed by atoms with Crippen molar-refractivity contribution in [2.24, 2.45) is 5.92 Å². The molecule has 2 fully saturated rings. The van der Waals surface area contributed by atoms with Crippen molar-refractivity contribution in [3.8, 4) is 11.3 Å². The number of fused-ring (bicyclic) bond motifs is 1. The molecule has 3 aromatic rings. The fourth-order valence-corrected chi connectivity index (χ4v) is 4.02. The van der Waals surface area contributed by atoms with Crippen LogP contribution in [0.15, 0.2) is 29.2 Å². The number of anilines is 1. The molecule has 1 saturated carbocycles. The molecule has 174 valence electrons. The number of aromatic nitrogens is 3. The molecule has 1 saturated heterocycles. The molecule has 0 amide bonds. The minimum atomic E-state index is -0.762.